The van der Waals surface area contributed by atoms with E-state index in [4.69, 9.17) is 23.2 Å². The Hall–Kier alpha value is -2.14. The summed E-state index contributed by atoms with van der Waals surface area (Å²) in [5.74, 6) is -2.08. The molecule has 0 radical (unpaired) electrons. The minimum Gasteiger partial charge on any atom is -0.312 e. The van der Waals surface area contributed by atoms with Crippen LogP contribution in [0.5, 0.6) is 0 Å². The molecule has 1 saturated heterocycles. The number of hydrogen-bond acceptors (Lipinski definition) is 5. The number of amides is 1. The maximum atomic E-state index is 13.1. The zero-order valence-electron chi connectivity index (χ0n) is 20.8. The molecule has 2 aromatic rings. The molecule has 0 aliphatic carbocycles. The van der Waals surface area contributed by atoms with Crippen LogP contribution >= 0.6 is 23.2 Å². The summed E-state index contributed by atoms with van der Waals surface area (Å²) in [5.41, 5.74) is -4.60. The molecule has 1 aliphatic rings. The van der Waals surface area contributed by atoms with E-state index in [1.807, 2.05) is 25.1 Å². The van der Waals surface area contributed by atoms with Crippen molar-refractivity contribution >= 4 is 44.9 Å². The number of alkyl halides is 3. The van der Waals surface area contributed by atoms with Crippen molar-refractivity contribution in [1.29, 1.82) is 0 Å². The zero-order chi connectivity index (χ0) is 28.3. The highest BCUT2D eigenvalue weighted by molar-refractivity contribution is 7.90. The summed E-state index contributed by atoms with van der Waals surface area (Å²) < 4.78 is 61.9. The van der Waals surface area contributed by atoms with Crippen LogP contribution in [0.4, 0.5) is 13.2 Å². The minimum atomic E-state index is -5.79. The Morgan fingerprint density at radius 3 is 2.32 bits per heavy atom. The number of ketones is 1. The molecule has 0 saturated carbocycles. The molecule has 208 valence electrons. The van der Waals surface area contributed by atoms with Gasteiger partial charge >= 0.3 is 15.5 Å². The first-order chi connectivity index (χ1) is 17.6. The molecule has 2 aromatic carbocycles. The fourth-order valence-corrected chi connectivity index (χ4v) is 5.85. The highest BCUT2D eigenvalue weighted by Crippen LogP contribution is 2.43. The number of rotatable bonds is 9. The van der Waals surface area contributed by atoms with Crippen molar-refractivity contribution in [2.45, 2.75) is 57.0 Å². The number of aryl methyl sites for hydroxylation is 1. The summed E-state index contributed by atoms with van der Waals surface area (Å²) in [6, 6.07) is 14.1. The molecule has 1 heterocycles. The molecular weight excluding hydrogens is 564 g/mol. The van der Waals surface area contributed by atoms with Gasteiger partial charge in [-0.1, -0.05) is 54.4 Å². The molecule has 38 heavy (non-hydrogen) atoms. The van der Waals surface area contributed by atoms with E-state index in [1.165, 1.54) is 6.92 Å². The fraction of sp³-hybridized carbons (Fsp3) is 0.462. The SMILES string of the molecule is CC(=O)C(C)(CCc1ccc(Cl)cc1)C1NCC(CC(=O)NS(=O)(=O)C(F)(F)F)CC1c1cccc(Cl)c1. The summed E-state index contributed by atoms with van der Waals surface area (Å²) in [4.78, 5) is 25.3. The van der Waals surface area contributed by atoms with Crippen molar-refractivity contribution in [3.05, 3.63) is 69.7 Å². The number of nitrogens with one attached hydrogen (secondary N) is 2. The third-order valence-electron chi connectivity index (χ3n) is 7.26. The standard InChI is InChI=1S/C26H29Cl2F3N2O4S/c1-16(34)25(2,11-10-17-6-8-20(27)9-7-17)24-22(19-4-3-5-21(28)14-19)12-18(15-32-24)13-23(35)33-38(36,37)26(29,30)31/h3-9,14,18,22,24,32H,10-13,15H2,1-2H3,(H,33,35). The van der Waals surface area contributed by atoms with Crippen molar-refractivity contribution in [3.8, 4) is 0 Å². The Bertz CT molecular complexity index is 1270. The third-order valence-corrected chi connectivity index (χ3v) is 8.85. The lowest BCUT2D eigenvalue weighted by Gasteiger charge is -2.46. The van der Waals surface area contributed by atoms with E-state index in [2.05, 4.69) is 5.32 Å². The molecule has 0 spiro atoms. The normalized spacial score (nSPS) is 21.9. The molecule has 1 aliphatic heterocycles. The number of halogens is 5. The van der Waals surface area contributed by atoms with Gasteiger partial charge in [0, 0.05) is 33.8 Å². The molecule has 1 fully saturated rings. The van der Waals surface area contributed by atoms with Gasteiger partial charge < -0.3 is 5.32 Å². The van der Waals surface area contributed by atoms with Crippen LogP contribution in [0.15, 0.2) is 48.5 Å². The van der Waals surface area contributed by atoms with Gasteiger partial charge in [-0.15, -0.1) is 0 Å². The molecule has 4 atom stereocenters. The summed E-state index contributed by atoms with van der Waals surface area (Å²) >= 11 is 12.2. The van der Waals surface area contributed by atoms with Crippen molar-refractivity contribution < 1.29 is 31.2 Å². The molecule has 2 N–H and O–H groups in total. The van der Waals surface area contributed by atoms with E-state index in [9.17, 15) is 31.2 Å². The van der Waals surface area contributed by atoms with Gasteiger partial charge in [0.2, 0.25) is 5.91 Å². The minimum absolute atomic E-state index is 0.0385. The number of sulfonamides is 1. The van der Waals surface area contributed by atoms with Crippen LogP contribution in [0.2, 0.25) is 10.0 Å². The van der Waals surface area contributed by atoms with Gasteiger partial charge in [-0.2, -0.15) is 21.6 Å². The monoisotopic (exact) mass is 592 g/mol. The highest BCUT2D eigenvalue weighted by atomic mass is 35.5. The predicted octanol–water partition coefficient (Wildman–Crippen LogP) is 5.64. The average Bonchev–Trinajstić information content (AvgIpc) is 2.82. The molecule has 1 amide bonds. The number of piperidine rings is 1. The Morgan fingerprint density at radius 1 is 1.08 bits per heavy atom. The first-order valence-electron chi connectivity index (χ1n) is 12.0. The van der Waals surface area contributed by atoms with Crippen LogP contribution in [-0.2, 0) is 26.0 Å². The molecule has 12 heteroatoms. The van der Waals surface area contributed by atoms with Gasteiger partial charge in [-0.3, -0.25) is 9.59 Å². The average molecular weight is 593 g/mol. The van der Waals surface area contributed by atoms with E-state index in [-0.39, 0.29) is 24.3 Å². The van der Waals surface area contributed by atoms with Crippen LogP contribution in [0.3, 0.4) is 0 Å². The summed E-state index contributed by atoms with van der Waals surface area (Å²) in [5, 5.41) is 4.45. The number of carbonyl (C=O) groups excluding carboxylic acids is 2. The summed E-state index contributed by atoms with van der Waals surface area (Å²) in [7, 11) is -5.79. The molecule has 3 rings (SSSR count). The number of hydrogen-bond donors (Lipinski definition) is 2. The Balaban J connectivity index is 1.85. The van der Waals surface area contributed by atoms with E-state index in [0.717, 1.165) is 15.8 Å². The Kier molecular flexibility index (Phi) is 9.55. The fourth-order valence-electron chi connectivity index (χ4n) is 5.02. The van der Waals surface area contributed by atoms with Gasteiger partial charge in [0.15, 0.2) is 0 Å². The van der Waals surface area contributed by atoms with Crippen molar-refractivity contribution in [1.82, 2.24) is 10.0 Å². The van der Waals surface area contributed by atoms with Crippen LogP contribution in [0.1, 0.15) is 50.2 Å². The lowest BCUT2D eigenvalue weighted by molar-refractivity contribution is -0.129. The maximum absolute atomic E-state index is 13.1. The van der Waals surface area contributed by atoms with E-state index in [0.29, 0.717) is 29.3 Å². The van der Waals surface area contributed by atoms with Crippen molar-refractivity contribution in [2.75, 3.05) is 6.54 Å². The molecule has 0 aromatic heterocycles. The second-order valence-corrected chi connectivity index (χ2v) is 12.5. The van der Waals surface area contributed by atoms with Crippen molar-refractivity contribution in [2.24, 2.45) is 11.3 Å². The quantitative estimate of drug-likeness (QED) is 0.393. The molecule has 6 nitrogen and oxygen atoms in total. The topological polar surface area (TPSA) is 92.3 Å². The summed E-state index contributed by atoms with van der Waals surface area (Å²) in [6.45, 7) is 3.62. The molecule has 0 bridgehead atoms. The van der Waals surface area contributed by atoms with Crippen LogP contribution in [-0.4, -0.2) is 38.2 Å². The van der Waals surface area contributed by atoms with Gasteiger partial charge in [0.1, 0.15) is 5.78 Å². The smallest absolute Gasteiger partial charge is 0.312 e. The van der Waals surface area contributed by atoms with Gasteiger partial charge in [-0.05, 0) is 74.0 Å². The lowest BCUT2D eigenvalue weighted by Crippen LogP contribution is -2.56. The second kappa shape index (κ2) is 11.9. The number of carbonyl (C=O) groups is 2. The lowest BCUT2D eigenvalue weighted by atomic mass is 9.64. The number of Topliss-reactive ketones (excluding diaryl/α,β-unsaturated/α-hetero) is 1. The summed E-state index contributed by atoms with van der Waals surface area (Å²) in [6.07, 6.45) is 1.01. The Labute approximate surface area is 230 Å². The van der Waals surface area contributed by atoms with Gasteiger partial charge in [0.25, 0.3) is 0 Å². The van der Waals surface area contributed by atoms with Crippen LogP contribution in [0, 0.1) is 11.3 Å². The third kappa shape index (κ3) is 7.28. The molecular formula is C26H29Cl2F3N2O4S. The van der Waals surface area contributed by atoms with Crippen LogP contribution < -0.4 is 10.0 Å². The zero-order valence-corrected chi connectivity index (χ0v) is 23.1. The van der Waals surface area contributed by atoms with Crippen LogP contribution in [0.25, 0.3) is 0 Å². The first-order valence-corrected chi connectivity index (χ1v) is 14.2. The highest BCUT2D eigenvalue weighted by Gasteiger charge is 2.48. The number of benzene rings is 2. The Morgan fingerprint density at radius 2 is 1.74 bits per heavy atom. The first kappa shape index (κ1) is 30.4. The predicted molar refractivity (Wildman–Crippen MR) is 140 cm³/mol. The molecule has 4 unspecified atom stereocenters. The van der Waals surface area contributed by atoms with Crippen molar-refractivity contribution in [3.63, 3.8) is 0 Å². The van der Waals surface area contributed by atoms with E-state index < -0.39 is 39.2 Å². The van der Waals surface area contributed by atoms with E-state index >= 15 is 0 Å². The van der Waals surface area contributed by atoms with Gasteiger partial charge in [-0.25, -0.2) is 4.72 Å². The largest absolute Gasteiger partial charge is 0.516 e. The maximum Gasteiger partial charge on any atom is 0.516 e. The second-order valence-electron chi connectivity index (χ2n) is 9.93. The van der Waals surface area contributed by atoms with E-state index in [1.54, 1.807) is 30.3 Å². The van der Waals surface area contributed by atoms with Gasteiger partial charge in [0.05, 0.1) is 0 Å².